The van der Waals surface area contributed by atoms with E-state index in [0.29, 0.717) is 0 Å². The minimum atomic E-state index is 0.00995. The molecule has 1 N–H and O–H groups in total. The second-order valence-corrected chi connectivity index (χ2v) is 5.77. The van der Waals surface area contributed by atoms with E-state index in [9.17, 15) is 4.79 Å². The van der Waals surface area contributed by atoms with Crippen LogP contribution in [0.3, 0.4) is 0 Å². The molecular weight excluding hydrogens is 314 g/mol. The van der Waals surface area contributed by atoms with Crippen LogP contribution in [0.2, 0.25) is 0 Å². The summed E-state index contributed by atoms with van der Waals surface area (Å²) >= 11 is 3.46. The van der Waals surface area contributed by atoms with Gasteiger partial charge >= 0.3 is 0 Å². The fourth-order valence-electron chi connectivity index (χ4n) is 2.41. The Labute approximate surface area is 126 Å². The van der Waals surface area contributed by atoms with E-state index in [4.69, 9.17) is 0 Å². The molecule has 2 nitrogen and oxygen atoms in total. The summed E-state index contributed by atoms with van der Waals surface area (Å²) in [6.45, 7) is 0. The van der Waals surface area contributed by atoms with Crippen molar-refractivity contribution < 1.29 is 4.79 Å². The van der Waals surface area contributed by atoms with E-state index in [1.807, 2.05) is 48.5 Å². The van der Waals surface area contributed by atoms with E-state index < -0.39 is 0 Å². The Morgan fingerprint density at radius 1 is 1.15 bits per heavy atom. The van der Waals surface area contributed by atoms with E-state index in [1.54, 1.807) is 0 Å². The highest BCUT2D eigenvalue weighted by molar-refractivity contribution is 9.10. The van der Waals surface area contributed by atoms with Crippen molar-refractivity contribution in [3.63, 3.8) is 0 Å². The summed E-state index contributed by atoms with van der Waals surface area (Å²) in [7, 11) is 0. The summed E-state index contributed by atoms with van der Waals surface area (Å²) in [5.74, 6) is 0.00995. The molecule has 100 valence electrons. The van der Waals surface area contributed by atoms with Gasteiger partial charge in [-0.3, -0.25) is 4.79 Å². The number of amides is 1. The van der Waals surface area contributed by atoms with Gasteiger partial charge in [-0.05, 0) is 35.7 Å². The molecule has 2 aromatic carbocycles. The zero-order valence-electron chi connectivity index (χ0n) is 10.8. The Morgan fingerprint density at radius 2 is 2.00 bits per heavy atom. The van der Waals surface area contributed by atoms with Crippen molar-refractivity contribution in [1.82, 2.24) is 5.32 Å². The number of rotatable bonds is 2. The quantitative estimate of drug-likeness (QED) is 0.892. The number of benzene rings is 2. The molecule has 0 aliphatic carbocycles. The molecule has 0 unspecified atom stereocenters. The zero-order valence-corrected chi connectivity index (χ0v) is 12.4. The highest BCUT2D eigenvalue weighted by Gasteiger charge is 2.21. The smallest absolute Gasteiger partial charge is 0.252 e. The van der Waals surface area contributed by atoms with Crippen LogP contribution in [-0.2, 0) is 6.42 Å². The van der Waals surface area contributed by atoms with Gasteiger partial charge in [0.2, 0.25) is 0 Å². The van der Waals surface area contributed by atoms with Gasteiger partial charge in [0.05, 0.1) is 6.04 Å². The first-order chi connectivity index (χ1) is 9.72. The van der Waals surface area contributed by atoms with Crippen LogP contribution in [-0.4, -0.2) is 11.9 Å². The Bertz CT molecular complexity index is 678. The molecule has 0 aromatic heterocycles. The van der Waals surface area contributed by atoms with E-state index >= 15 is 0 Å². The summed E-state index contributed by atoms with van der Waals surface area (Å²) in [6, 6.07) is 15.9. The van der Waals surface area contributed by atoms with Gasteiger partial charge in [-0.25, -0.2) is 0 Å². The van der Waals surface area contributed by atoms with Gasteiger partial charge in [0, 0.05) is 10.0 Å². The van der Waals surface area contributed by atoms with Gasteiger partial charge < -0.3 is 5.32 Å². The first-order valence-electron chi connectivity index (χ1n) is 6.55. The number of hydrogen-bond donors (Lipinski definition) is 1. The molecule has 0 saturated heterocycles. The van der Waals surface area contributed by atoms with Gasteiger partial charge in [-0.2, -0.15) is 0 Å². The number of fused-ring (bicyclic) bond motifs is 1. The molecule has 20 heavy (non-hydrogen) atoms. The maximum absolute atomic E-state index is 12.0. The minimum absolute atomic E-state index is 0.00995. The highest BCUT2D eigenvalue weighted by Crippen LogP contribution is 2.18. The fourth-order valence-corrected chi connectivity index (χ4v) is 2.82. The molecule has 1 heterocycles. The maximum Gasteiger partial charge on any atom is 0.252 e. The molecule has 0 saturated carbocycles. The lowest BCUT2D eigenvalue weighted by Gasteiger charge is -2.23. The molecular formula is C17H14BrNO. The summed E-state index contributed by atoms with van der Waals surface area (Å²) < 4.78 is 1.05. The SMILES string of the molecule is O=C1N[C@@H](/C=C/c2cccc(Br)c2)Cc2ccccc21. The number of carbonyl (C=O) groups is 1. The number of hydrogen-bond acceptors (Lipinski definition) is 1. The molecule has 0 radical (unpaired) electrons. The lowest BCUT2D eigenvalue weighted by molar-refractivity contribution is 0.0934. The predicted molar refractivity (Wildman–Crippen MR) is 84.6 cm³/mol. The third-order valence-corrected chi connectivity index (χ3v) is 3.88. The van der Waals surface area contributed by atoms with Crippen LogP contribution < -0.4 is 5.32 Å². The van der Waals surface area contributed by atoms with Crippen LogP contribution in [0.15, 0.2) is 59.1 Å². The van der Waals surface area contributed by atoms with Crippen LogP contribution in [0, 0.1) is 0 Å². The fraction of sp³-hybridized carbons (Fsp3) is 0.118. The molecule has 0 spiro atoms. The predicted octanol–water partition coefficient (Wildman–Crippen LogP) is 3.82. The Balaban J connectivity index is 1.79. The standard InChI is InChI=1S/C17H14BrNO/c18-14-6-3-4-12(10-14)8-9-15-11-13-5-1-2-7-16(13)17(20)19-15/h1-10,15H,11H2,(H,19,20)/b9-8+/t15-/m0/s1. The summed E-state index contributed by atoms with van der Waals surface area (Å²) in [4.78, 5) is 12.0. The molecule has 0 fully saturated rings. The van der Waals surface area contributed by atoms with Crippen molar-refractivity contribution in [3.05, 3.63) is 75.8 Å². The van der Waals surface area contributed by atoms with E-state index in [2.05, 4.69) is 33.4 Å². The average molecular weight is 328 g/mol. The van der Waals surface area contributed by atoms with Gasteiger partial charge in [-0.1, -0.05) is 58.4 Å². The molecule has 3 heteroatoms. The largest absolute Gasteiger partial charge is 0.345 e. The van der Waals surface area contributed by atoms with Crippen LogP contribution in [0.1, 0.15) is 21.5 Å². The topological polar surface area (TPSA) is 29.1 Å². The monoisotopic (exact) mass is 327 g/mol. The average Bonchev–Trinajstić information content (AvgIpc) is 2.45. The van der Waals surface area contributed by atoms with Gasteiger partial charge in [0.1, 0.15) is 0 Å². The van der Waals surface area contributed by atoms with Crippen LogP contribution >= 0.6 is 15.9 Å². The highest BCUT2D eigenvalue weighted by atomic mass is 79.9. The molecule has 1 aliphatic rings. The zero-order chi connectivity index (χ0) is 13.9. The van der Waals surface area contributed by atoms with Crippen molar-refractivity contribution in [2.24, 2.45) is 0 Å². The van der Waals surface area contributed by atoms with Crippen LogP contribution in [0.4, 0.5) is 0 Å². The third kappa shape index (κ3) is 2.83. The lowest BCUT2D eigenvalue weighted by atomic mass is 9.95. The second-order valence-electron chi connectivity index (χ2n) is 4.86. The van der Waals surface area contributed by atoms with E-state index in [-0.39, 0.29) is 11.9 Å². The van der Waals surface area contributed by atoms with Gasteiger partial charge in [-0.15, -0.1) is 0 Å². The third-order valence-electron chi connectivity index (χ3n) is 3.39. The molecule has 1 atom stereocenters. The van der Waals surface area contributed by atoms with Crippen molar-refractivity contribution >= 4 is 27.9 Å². The molecule has 3 rings (SSSR count). The lowest BCUT2D eigenvalue weighted by Crippen LogP contribution is -2.39. The van der Waals surface area contributed by atoms with Crippen molar-refractivity contribution in [3.8, 4) is 0 Å². The number of carbonyl (C=O) groups excluding carboxylic acids is 1. The second kappa shape index (κ2) is 5.63. The summed E-state index contributed by atoms with van der Waals surface area (Å²) in [6.07, 6.45) is 4.94. The first-order valence-corrected chi connectivity index (χ1v) is 7.34. The number of halogens is 1. The molecule has 2 aromatic rings. The number of nitrogens with one attached hydrogen (secondary N) is 1. The maximum atomic E-state index is 12.0. The normalized spacial score (nSPS) is 17.9. The summed E-state index contributed by atoms with van der Waals surface area (Å²) in [5.41, 5.74) is 3.02. The van der Waals surface area contributed by atoms with Gasteiger partial charge in [0.25, 0.3) is 5.91 Å². The van der Waals surface area contributed by atoms with E-state index in [1.165, 1.54) is 0 Å². The van der Waals surface area contributed by atoms with Crippen molar-refractivity contribution in [2.75, 3.05) is 0 Å². The summed E-state index contributed by atoms with van der Waals surface area (Å²) in [5, 5.41) is 3.02. The van der Waals surface area contributed by atoms with Crippen LogP contribution in [0.5, 0.6) is 0 Å². The molecule has 0 bridgehead atoms. The molecule has 1 amide bonds. The van der Waals surface area contributed by atoms with Crippen molar-refractivity contribution in [1.29, 1.82) is 0 Å². The van der Waals surface area contributed by atoms with Crippen molar-refractivity contribution in [2.45, 2.75) is 12.5 Å². The Kier molecular flexibility index (Phi) is 3.70. The molecule has 1 aliphatic heterocycles. The van der Waals surface area contributed by atoms with E-state index in [0.717, 1.165) is 27.6 Å². The Hall–Kier alpha value is -1.87. The minimum Gasteiger partial charge on any atom is -0.345 e. The first kappa shape index (κ1) is 13.1. The Morgan fingerprint density at radius 3 is 2.85 bits per heavy atom. The van der Waals surface area contributed by atoms with Crippen LogP contribution in [0.25, 0.3) is 6.08 Å². The van der Waals surface area contributed by atoms with Gasteiger partial charge in [0.15, 0.2) is 0 Å².